The van der Waals surface area contributed by atoms with Gasteiger partial charge in [0, 0.05) is 11.8 Å². The van der Waals surface area contributed by atoms with Crippen LogP contribution in [-0.4, -0.2) is 31.9 Å². The van der Waals surface area contributed by atoms with E-state index in [-0.39, 0.29) is 28.0 Å². The summed E-state index contributed by atoms with van der Waals surface area (Å²) in [6, 6.07) is 3.62. The zero-order valence-electron chi connectivity index (χ0n) is 12.5. The number of fused-ring (bicyclic) bond motifs is 1. The van der Waals surface area contributed by atoms with E-state index < -0.39 is 23.5 Å². The highest BCUT2D eigenvalue weighted by Gasteiger charge is 2.18. The SMILES string of the molecule is C=C(F)C(=O)Nc1cc(-c2ncnc3[nH]cc(C(=O)O)c23)ccc1F. The van der Waals surface area contributed by atoms with Crippen LogP contribution in [0.25, 0.3) is 22.3 Å². The zero-order valence-corrected chi connectivity index (χ0v) is 12.5. The van der Waals surface area contributed by atoms with Crippen LogP contribution in [0.5, 0.6) is 0 Å². The maximum atomic E-state index is 13.9. The zero-order chi connectivity index (χ0) is 18.1. The van der Waals surface area contributed by atoms with Gasteiger partial charge in [-0.1, -0.05) is 6.58 Å². The molecule has 2 aromatic heterocycles. The molecule has 0 saturated carbocycles. The van der Waals surface area contributed by atoms with Gasteiger partial charge in [-0.05, 0) is 18.2 Å². The summed E-state index contributed by atoms with van der Waals surface area (Å²) in [6.07, 6.45) is 2.48. The van der Waals surface area contributed by atoms with Crippen LogP contribution in [0.4, 0.5) is 14.5 Å². The molecule has 0 aliphatic rings. The number of carbonyl (C=O) groups excluding carboxylic acids is 1. The van der Waals surface area contributed by atoms with Gasteiger partial charge < -0.3 is 15.4 Å². The third-order valence-corrected chi connectivity index (χ3v) is 3.43. The number of aromatic amines is 1. The van der Waals surface area contributed by atoms with Gasteiger partial charge in [0.25, 0.3) is 5.91 Å². The quantitative estimate of drug-likeness (QED) is 0.631. The van der Waals surface area contributed by atoms with E-state index in [0.29, 0.717) is 5.56 Å². The van der Waals surface area contributed by atoms with Crippen LogP contribution in [-0.2, 0) is 4.79 Å². The lowest BCUT2D eigenvalue weighted by Crippen LogP contribution is -2.12. The summed E-state index contributed by atoms with van der Waals surface area (Å²) in [5, 5.41) is 11.6. The van der Waals surface area contributed by atoms with E-state index in [1.807, 2.05) is 5.32 Å². The second-order valence-corrected chi connectivity index (χ2v) is 5.01. The van der Waals surface area contributed by atoms with Crippen molar-refractivity contribution in [3.05, 3.63) is 54.5 Å². The maximum absolute atomic E-state index is 13.9. The van der Waals surface area contributed by atoms with Crippen LogP contribution < -0.4 is 5.32 Å². The van der Waals surface area contributed by atoms with Crippen molar-refractivity contribution >= 4 is 28.6 Å². The molecule has 0 spiro atoms. The van der Waals surface area contributed by atoms with Crippen LogP contribution >= 0.6 is 0 Å². The Labute approximate surface area is 139 Å². The molecule has 0 atom stereocenters. The Hall–Kier alpha value is -3.62. The van der Waals surface area contributed by atoms with Crippen molar-refractivity contribution < 1.29 is 23.5 Å². The number of carbonyl (C=O) groups is 2. The van der Waals surface area contributed by atoms with Crippen LogP contribution in [0.2, 0.25) is 0 Å². The summed E-state index contributed by atoms with van der Waals surface area (Å²) < 4.78 is 26.7. The lowest BCUT2D eigenvalue weighted by Gasteiger charge is -2.08. The molecule has 0 unspecified atom stereocenters. The molecule has 3 rings (SSSR count). The molecule has 2 heterocycles. The molecule has 0 radical (unpaired) electrons. The Balaban J connectivity index is 2.16. The lowest BCUT2D eigenvalue weighted by atomic mass is 10.1. The van der Waals surface area contributed by atoms with E-state index in [4.69, 9.17) is 0 Å². The molecule has 9 heteroatoms. The standard InChI is InChI=1S/C16H10F2N4O3/c1-7(17)15(23)22-11-4-8(2-3-10(11)18)13-12-9(16(24)25)5-19-14(12)21-6-20-13/h2-6H,1H2,(H,22,23)(H,24,25)(H,19,20,21). The van der Waals surface area contributed by atoms with Crippen molar-refractivity contribution in [2.75, 3.05) is 5.32 Å². The summed E-state index contributed by atoms with van der Waals surface area (Å²) in [4.78, 5) is 33.4. The third-order valence-electron chi connectivity index (χ3n) is 3.43. The fourth-order valence-electron chi connectivity index (χ4n) is 2.31. The topological polar surface area (TPSA) is 108 Å². The van der Waals surface area contributed by atoms with Crippen molar-refractivity contribution in [3.63, 3.8) is 0 Å². The predicted molar refractivity (Wildman–Crippen MR) is 85.1 cm³/mol. The Morgan fingerprint density at radius 3 is 2.72 bits per heavy atom. The minimum absolute atomic E-state index is 0.0577. The smallest absolute Gasteiger partial charge is 0.338 e. The first-order chi connectivity index (χ1) is 11.9. The van der Waals surface area contributed by atoms with Gasteiger partial charge in [0.1, 0.15) is 17.8 Å². The highest BCUT2D eigenvalue weighted by Crippen LogP contribution is 2.30. The summed E-state index contributed by atoms with van der Waals surface area (Å²) in [5.41, 5.74) is 0.474. The Bertz CT molecular complexity index is 1030. The molecule has 3 aromatic rings. The number of amides is 1. The maximum Gasteiger partial charge on any atom is 0.338 e. The number of carboxylic acids is 1. The van der Waals surface area contributed by atoms with Gasteiger partial charge in [-0.15, -0.1) is 0 Å². The second kappa shape index (κ2) is 6.11. The normalized spacial score (nSPS) is 10.6. The van der Waals surface area contributed by atoms with Gasteiger partial charge in [0.05, 0.1) is 22.3 Å². The molecule has 7 nitrogen and oxygen atoms in total. The summed E-state index contributed by atoms with van der Waals surface area (Å²) in [6.45, 7) is 2.84. The molecule has 3 N–H and O–H groups in total. The molecule has 0 aliphatic carbocycles. The number of rotatable bonds is 4. The first-order valence-electron chi connectivity index (χ1n) is 6.89. The summed E-state index contributed by atoms with van der Waals surface area (Å²) in [7, 11) is 0. The largest absolute Gasteiger partial charge is 0.478 e. The minimum Gasteiger partial charge on any atom is -0.478 e. The minimum atomic E-state index is -1.27. The van der Waals surface area contributed by atoms with Gasteiger partial charge in [-0.2, -0.15) is 0 Å². The number of H-pyrrole nitrogens is 1. The second-order valence-electron chi connectivity index (χ2n) is 5.01. The fraction of sp³-hybridized carbons (Fsp3) is 0. The number of nitrogens with one attached hydrogen (secondary N) is 2. The van der Waals surface area contributed by atoms with E-state index in [1.165, 1.54) is 24.7 Å². The lowest BCUT2D eigenvalue weighted by molar-refractivity contribution is -0.114. The molecule has 0 bridgehead atoms. The van der Waals surface area contributed by atoms with E-state index >= 15 is 0 Å². The number of hydrogen-bond acceptors (Lipinski definition) is 4. The number of carboxylic acid groups (broad SMARTS) is 1. The van der Waals surface area contributed by atoms with Gasteiger partial charge in [-0.25, -0.2) is 23.5 Å². The molecule has 25 heavy (non-hydrogen) atoms. The predicted octanol–water partition coefficient (Wildman–Crippen LogP) is 2.88. The Morgan fingerprint density at radius 1 is 1.28 bits per heavy atom. The van der Waals surface area contributed by atoms with Crippen molar-refractivity contribution in [1.29, 1.82) is 0 Å². The van der Waals surface area contributed by atoms with Crippen LogP contribution in [0.15, 0.2) is 43.1 Å². The van der Waals surface area contributed by atoms with Gasteiger partial charge in [-0.3, -0.25) is 4.79 Å². The van der Waals surface area contributed by atoms with Crippen molar-refractivity contribution in [2.24, 2.45) is 0 Å². The number of aromatic carboxylic acids is 1. The van der Waals surface area contributed by atoms with E-state index in [1.54, 1.807) is 0 Å². The van der Waals surface area contributed by atoms with Crippen molar-refractivity contribution in [2.45, 2.75) is 0 Å². The van der Waals surface area contributed by atoms with Crippen molar-refractivity contribution in [1.82, 2.24) is 15.0 Å². The van der Waals surface area contributed by atoms with Gasteiger partial charge in [0.2, 0.25) is 0 Å². The molecule has 0 aliphatic heterocycles. The summed E-state index contributed by atoms with van der Waals surface area (Å²) >= 11 is 0. The van der Waals surface area contributed by atoms with Crippen molar-refractivity contribution in [3.8, 4) is 11.3 Å². The number of anilines is 1. The van der Waals surface area contributed by atoms with Crippen LogP contribution in [0.1, 0.15) is 10.4 Å². The van der Waals surface area contributed by atoms with Gasteiger partial charge in [0.15, 0.2) is 5.83 Å². The average Bonchev–Trinajstić information content (AvgIpc) is 3.01. The highest BCUT2D eigenvalue weighted by atomic mass is 19.1. The molecule has 1 aromatic carbocycles. The Kier molecular flexibility index (Phi) is 3.97. The molecule has 0 fully saturated rings. The monoisotopic (exact) mass is 344 g/mol. The van der Waals surface area contributed by atoms with Gasteiger partial charge >= 0.3 is 5.97 Å². The van der Waals surface area contributed by atoms with Crippen LogP contribution in [0, 0.1) is 5.82 Å². The first kappa shape index (κ1) is 16.2. The van der Waals surface area contributed by atoms with E-state index in [2.05, 4.69) is 21.5 Å². The molecule has 0 saturated heterocycles. The number of aromatic nitrogens is 3. The average molecular weight is 344 g/mol. The summed E-state index contributed by atoms with van der Waals surface area (Å²) in [5.74, 6) is -4.44. The highest BCUT2D eigenvalue weighted by molar-refractivity contribution is 6.08. The first-order valence-corrected chi connectivity index (χ1v) is 6.89. The molecule has 126 valence electrons. The number of benzene rings is 1. The number of halogens is 2. The van der Waals surface area contributed by atoms with Crippen LogP contribution in [0.3, 0.4) is 0 Å². The number of nitrogens with zero attached hydrogens (tertiary/aromatic N) is 2. The Morgan fingerprint density at radius 2 is 2.04 bits per heavy atom. The molecule has 1 amide bonds. The number of hydrogen-bond donors (Lipinski definition) is 3. The molecular weight excluding hydrogens is 334 g/mol. The fourth-order valence-corrected chi connectivity index (χ4v) is 2.31. The third kappa shape index (κ3) is 2.94. The molecular formula is C16H10F2N4O3. The van der Waals surface area contributed by atoms with E-state index in [0.717, 1.165) is 6.07 Å². The van der Waals surface area contributed by atoms with E-state index in [9.17, 15) is 23.5 Å².